The number of carbonyl (C=O) groups excluding carboxylic acids is 2. The molecule has 0 aliphatic heterocycles. The van der Waals surface area contributed by atoms with Gasteiger partial charge in [0.05, 0.1) is 19.6 Å². The standard InChI is InChI=1S/C19H29NO4/c1-6-24-17(21)11-12-20(13-14-23-5)18(22)15-7-9-16(10-8-15)19(2,3)4/h7-10H,6,11-14H2,1-5H3. The van der Waals surface area contributed by atoms with Gasteiger partial charge < -0.3 is 14.4 Å². The highest BCUT2D eigenvalue weighted by atomic mass is 16.5. The molecule has 0 aliphatic carbocycles. The van der Waals surface area contributed by atoms with E-state index in [0.717, 1.165) is 0 Å². The molecule has 1 rings (SSSR count). The number of benzene rings is 1. The molecule has 1 amide bonds. The van der Waals surface area contributed by atoms with E-state index in [1.165, 1.54) is 5.56 Å². The van der Waals surface area contributed by atoms with Gasteiger partial charge in [-0.3, -0.25) is 9.59 Å². The molecule has 24 heavy (non-hydrogen) atoms. The van der Waals surface area contributed by atoms with Crippen LogP contribution >= 0.6 is 0 Å². The second kappa shape index (κ2) is 9.42. The van der Waals surface area contributed by atoms with Crippen molar-refractivity contribution in [2.75, 3.05) is 33.4 Å². The molecule has 0 aromatic heterocycles. The Morgan fingerprint density at radius 2 is 1.71 bits per heavy atom. The third kappa shape index (κ3) is 6.32. The Hall–Kier alpha value is -1.88. The minimum Gasteiger partial charge on any atom is -0.466 e. The van der Waals surface area contributed by atoms with Gasteiger partial charge >= 0.3 is 5.97 Å². The summed E-state index contributed by atoms with van der Waals surface area (Å²) < 4.78 is 9.99. The van der Waals surface area contributed by atoms with Crippen LogP contribution in [0.4, 0.5) is 0 Å². The van der Waals surface area contributed by atoms with Crippen LogP contribution in [-0.2, 0) is 19.7 Å². The van der Waals surface area contributed by atoms with E-state index in [9.17, 15) is 9.59 Å². The SMILES string of the molecule is CCOC(=O)CCN(CCOC)C(=O)c1ccc(C(C)(C)C)cc1. The van der Waals surface area contributed by atoms with E-state index in [1.54, 1.807) is 18.9 Å². The minimum absolute atomic E-state index is 0.0429. The summed E-state index contributed by atoms with van der Waals surface area (Å²) in [5.74, 6) is -0.396. The predicted molar refractivity (Wildman–Crippen MR) is 94.2 cm³/mol. The summed E-state index contributed by atoms with van der Waals surface area (Å²) in [4.78, 5) is 25.9. The highest BCUT2D eigenvalue weighted by Crippen LogP contribution is 2.22. The molecule has 0 saturated carbocycles. The quantitative estimate of drug-likeness (QED) is 0.685. The summed E-state index contributed by atoms with van der Waals surface area (Å²) in [6.45, 7) is 9.70. The van der Waals surface area contributed by atoms with Crippen molar-refractivity contribution in [3.8, 4) is 0 Å². The van der Waals surface area contributed by atoms with E-state index >= 15 is 0 Å². The fourth-order valence-electron chi connectivity index (χ4n) is 2.27. The Kier molecular flexibility index (Phi) is 7.92. The van der Waals surface area contributed by atoms with Crippen LogP contribution in [0.25, 0.3) is 0 Å². The summed E-state index contributed by atoms with van der Waals surface area (Å²) >= 11 is 0. The Morgan fingerprint density at radius 3 is 2.21 bits per heavy atom. The van der Waals surface area contributed by atoms with Crippen molar-refractivity contribution in [2.45, 2.75) is 39.5 Å². The highest BCUT2D eigenvalue weighted by Gasteiger charge is 2.19. The average Bonchev–Trinajstić information content (AvgIpc) is 2.54. The molecule has 0 saturated heterocycles. The molecule has 0 N–H and O–H groups in total. The number of carbonyl (C=O) groups is 2. The van der Waals surface area contributed by atoms with Gasteiger partial charge in [-0.1, -0.05) is 32.9 Å². The van der Waals surface area contributed by atoms with Gasteiger partial charge in [-0.05, 0) is 30.0 Å². The average molecular weight is 335 g/mol. The number of methoxy groups -OCH3 is 1. The lowest BCUT2D eigenvalue weighted by atomic mass is 9.86. The molecular formula is C19H29NO4. The normalized spacial score (nSPS) is 11.2. The number of ether oxygens (including phenoxy) is 2. The van der Waals surface area contributed by atoms with Crippen molar-refractivity contribution in [3.05, 3.63) is 35.4 Å². The number of rotatable bonds is 8. The lowest BCUT2D eigenvalue weighted by molar-refractivity contribution is -0.143. The first-order valence-corrected chi connectivity index (χ1v) is 8.34. The maximum absolute atomic E-state index is 12.7. The molecule has 1 aromatic carbocycles. The number of esters is 1. The Labute approximate surface area is 144 Å². The Morgan fingerprint density at radius 1 is 1.08 bits per heavy atom. The van der Waals surface area contributed by atoms with Gasteiger partial charge in [0.25, 0.3) is 5.91 Å². The molecule has 0 heterocycles. The lowest BCUT2D eigenvalue weighted by Crippen LogP contribution is -2.36. The third-order valence-corrected chi connectivity index (χ3v) is 3.74. The molecule has 0 spiro atoms. The van der Waals surface area contributed by atoms with Crippen molar-refractivity contribution in [1.82, 2.24) is 4.90 Å². The first-order valence-electron chi connectivity index (χ1n) is 8.34. The van der Waals surface area contributed by atoms with Crippen molar-refractivity contribution in [1.29, 1.82) is 0 Å². The number of amides is 1. The van der Waals surface area contributed by atoms with Crippen LogP contribution < -0.4 is 0 Å². The lowest BCUT2D eigenvalue weighted by Gasteiger charge is -2.23. The zero-order valence-corrected chi connectivity index (χ0v) is 15.4. The van der Waals surface area contributed by atoms with Crippen molar-refractivity contribution < 1.29 is 19.1 Å². The maximum atomic E-state index is 12.7. The first kappa shape index (κ1) is 20.2. The summed E-state index contributed by atoms with van der Waals surface area (Å²) in [6.07, 6.45) is 0.184. The summed E-state index contributed by atoms with van der Waals surface area (Å²) in [5.41, 5.74) is 1.83. The monoisotopic (exact) mass is 335 g/mol. The van der Waals surface area contributed by atoms with Crippen LogP contribution in [0.1, 0.15) is 50.0 Å². The molecule has 0 unspecified atom stereocenters. The number of hydrogen-bond acceptors (Lipinski definition) is 4. The molecular weight excluding hydrogens is 306 g/mol. The zero-order valence-electron chi connectivity index (χ0n) is 15.4. The highest BCUT2D eigenvalue weighted by molar-refractivity contribution is 5.94. The molecule has 5 heteroatoms. The largest absolute Gasteiger partial charge is 0.466 e. The van der Waals surface area contributed by atoms with E-state index in [1.807, 2.05) is 24.3 Å². The van der Waals surface area contributed by atoms with Crippen LogP contribution in [-0.4, -0.2) is 50.2 Å². The van der Waals surface area contributed by atoms with Crippen LogP contribution in [0.5, 0.6) is 0 Å². The summed E-state index contributed by atoms with van der Waals surface area (Å²) in [5, 5.41) is 0. The number of hydrogen-bond donors (Lipinski definition) is 0. The second-order valence-corrected chi connectivity index (χ2v) is 6.67. The van der Waals surface area contributed by atoms with Crippen LogP contribution in [0, 0.1) is 0 Å². The van der Waals surface area contributed by atoms with Gasteiger partial charge in [0.2, 0.25) is 0 Å². The van der Waals surface area contributed by atoms with Crippen molar-refractivity contribution >= 4 is 11.9 Å². The topological polar surface area (TPSA) is 55.8 Å². The molecule has 0 atom stereocenters. The molecule has 0 bridgehead atoms. The second-order valence-electron chi connectivity index (χ2n) is 6.67. The van der Waals surface area contributed by atoms with Gasteiger partial charge in [-0.15, -0.1) is 0 Å². The molecule has 1 aromatic rings. The Bertz CT molecular complexity index is 531. The molecule has 0 aliphatic rings. The molecule has 134 valence electrons. The van der Waals surface area contributed by atoms with Gasteiger partial charge in [-0.2, -0.15) is 0 Å². The minimum atomic E-state index is -0.296. The van der Waals surface area contributed by atoms with E-state index in [2.05, 4.69) is 20.8 Å². The van der Waals surface area contributed by atoms with Crippen LogP contribution in [0.2, 0.25) is 0 Å². The summed E-state index contributed by atoms with van der Waals surface area (Å²) in [7, 11) is 1.59. The van der Waals surface area contributed by atoms with Crippen molar-refractivity contribution in [3.63, 3.8) is 0 Å². The zero-order chi connectivity index (χ0) is 18.2. The Balaban J connectivity index is 2.81. The van der Waals surface area contributed by atoms with Gasteiger partial charge in [-0.25, -0.2) is 0 Å². The third-order valence-electron chi connectivity index (χ3n) is 3.74. The first-order chi connectivity index (χ1) is 11.3. The van der Waals surface area contributed by atoms with Gasteiger partial charge in [0.15, 0.2) is 0 Å². The molecule has 0 fully saturated rings. The fourth-order valence-corrected chi connectivity index (χ4v) is 2.27. The number of nitrogens with zero attached hydrogens (tertiary/aromatic N) is 1. The van der Waals surface area contributed by atoms with Crippen molar-refractivity contribution in [2.24, 2.45) is 0 Å². The van der Waals surface area contributed by atoms with Gasteiger partial charge in [0.1, 0.15) is 0 Å². The van der Waals surface area contributed by atoms with E-state index in [4.69, 9.17) is 9.47 Å². The van der Waals surface area contributed by atoms with Crippen LogP contribution in [0.15, 0.2) is 24.3 Å². The smallest absolute Gasteiger partial charge is 0.307 e. The fraction of sp³-hybridized carbons (Fsp3) is 0.579. The molecule has 0 radical (unpaired) electrons. The summed E-state index contributed by atoms with van der Waals surface area (Å²) in [6, 6.07) is 7.64. The van der Waals surface area contributed by atoms with Crippen LogP contribution in [0.3, 0.4) is 0 Å². The van der Waals surface area contributed by atoms with E-state index in [0.29, 0.717) is 31.9 Å². The van der Waals surface area contributed by atoms with Gasteiger partial charge in [0, 0.05) is 25.8 Å². The van der Waals surface area contributed by atoms with E-state index < -0.39 is 0 Å². The molecule has 5 nitrogen and oxygen atoms in total. The maximum Gasteiger partial charge on any atom is 0.307 e. The van der Waals surface area contributed by atoms with E-state index in [-0.39, 0.29) is 23.7 Å². The predicted octanol–water partition coefficient (Wildman–Crippen LogP) is 3.03.